The minimum Gasteiger partial charge on any atom is -0.353 e. The lowest BCUT2D eigenvalue weighted by Crippen LogP contribution is -2.36. The standard InChI is InChI=1S/C20H22N4O2S/c1-12(2)22-18(25)14(4)27-20-23-16-8-6-5-7-15(16)19(26)24(20)17-11-13(3)9-10-21-17/h5-12,14H,1-4H3,(H,22,25). The van der Waals surface area contributed by atoms with Crippen molar-refractivity contribution in [3.8, 4) is 5.82 Å². The van der Waals surface area contributed by atoms with E-state index in [1.807, 2.05) is 45.0 Å². The van der Waals surface area contributed by atoms with E-state index < -0.39 is 5.25 Å². The third-order valence-electron chi connectivity index (χ3n) is 3.96. The zero-order valence-electron chi connectivity index (χ0n) is 15.8. The molecular formula is C20H22N4O2S. The highest BCUT2D eigenvalue weighted by molar-refractivity contribution is 8.00. The first-order valence-electron chi connectivity index (χ1n) is 8.78. The van der Waals surface area contributed by atoms with E-state index in [2.05, 4.69) is 15.3 Å². The maximum Gasteiger partial charge on any atom is 0.267 e. The van der Waals surface area contributed by atoms with E-state index in [0.29, 0.717) is 21.9 Å². The van der Waals surface area contributed by atoms with Crippen molar-refractivity contribution in [1.82, 2.24) is 19.9 Å². The Labute approximate surface area is 162 Å². The first-order chi connectivity index (χ1) is 12.9. The number of para-hydroxylation sites is 1. The van der Waals surface area contributed by atoms with Crippen LogP contribution in [0.15, 0.2) is 52.5 Å². The van der Waals surface area contributed by atoms with Gasteiger partial charge in [0.2, 0.25) is 5.91 Å². The van der Waals surface area contributed by atoms with Gasteiger partial charge in [-0.1, -0.05) is 23.9 Å². The zero-order chi connectivity index (χ0) is 19.6. The van der Waals surface area contributed by atoms with Crippen LogP contribution in [0, 0.1) is 6.92 Å². The van der Waals surface area contributed by atoms with Crippen LogP contribution in [0.25, 0.3) is 16.7 Å². The molecule has 140 valence electrons. The molecule has 0 fully saturated rings. The monoisotopic (exact) mass is 382 g/mol. The lowest BCUT2D eigenvalue weighted by molar-refractivity contribution is -0.120. The summed E-state index contributed by atoms with van der Waals surface area (Å²) in [5.74, 6) is 0.401. The van der Waals surface area contributed by atoms with Gasteiger partial charge < -0.3 is 5.32 Å². The summed E-state index contributed by atoms with van der Waals surface area (Å²) in [6.07, 6.45) is 1.66. The van der Waals surface area contributed by atoms with Crippen LogP contribution in [0.2, 0.25) is 0 Å². The highest BCUT2D eigenvalue weighted by Crippen LogP contribution is 2.24. The van der Waals surface area contributed by atoms with Gasteiger partial charge in [0.15, 0.2) is 5.16 Å². The third-order valence-corrected chi connectivity index (χ3v) is 5.01. The van der Waals surface area contributed by atoms with Gasteiger partial charge >= 0.3 is 0 Å². The molecule has 1 atom stereocenters. The number of pyridine rings is 1. The molecule has 2 aromatic heterocycles. The van der Waals surface area contributed by atoms with Crippen LogP contribution in [-0.2, 0) is 4.79 Å². The summed E-state index contributed by atoms with van der Waals surface area (Å²) in [4.78, 5) is 34.5. The average Bonchev–Trinajstić information content (AvgIpc) is 2.61. The second-order valence-electron chi connectivity index (χ2n) is 6.67. The number of thioether (sulfide) groups is 1. The average molecular weight is 382 g/mol. The fraction of sp³-hybridized carbons (Fsp3) is 0.300. The summed E-state index contributed by atoms with van der Waals surface area (Å²) in [6.45, 7) is 7.57. The van der Waals surface area contributed by atoms with E-state index in [0.717, 1.165) is 5.56 Å². The van der Waals surface area contributed by atoms with Crippen molar-refractivity contribution < 1.29 is 4.79 Å². The lowest BCUT2D eigenvalue weighted by Gasteiger charge is -2.17. The van der Waals surface area contributed by atoms with Crippen molar-refractivity contribution in [2.24, 2.45) is 0 Å². The summed E-state index contributed by atoms with van der Waals surface area (Å²) in [5, 5.41) is 3.45. The fourth-order valence-electron chi connectivity index (χ4n) is 2.65. The van der Waals surface area contributed by atoms with Crippen LogP contribution < -0.4 is 10.9 Å². The molecular weight excluding hydrogens is 360 g/mol. The zero-order valence-corrected chi connectivity index (χ0v) is 16.6. The summed E-state index contributed by atoms with van der Waals surface area (Å²) >= 11 is 1.25. The summed E-state index contributed by atoms with van der Waals surface area (Å²) in [7, 11) is 0. The van der Waals surface area contributed by atoms with Gasteiger partial charge in [-0.3, -0.25) is 9.59 Å². The minimum absolute atomic E-state index is 0.0470. The number of carbonyl (C=O) groups excluding carboxylic acids is 1. The molecule has 0 saturated carbocycles. The molecule has 27 heavy (non-hydrogen) atoms. The normalized spacial score (nSPS) is 12.3. The number of nitrogens with zero attached hydrogens (tertiary/aromatic N) is 3. The van der Waals surface area contributed by atoms with E-state index in [9.17, 15) is 9.59 Å². The van der Waals surface area contributed by atoms with E-state index in [1.54, 1.807) is 25.3 Å². The van der Waals surface area contributed by atoms with Crippen LogP contribution in [0.5, 0.6) is 0 Å². The molecule has 1 aromatic carbocycles. The maximum atomic E-state index is 13.2. The van der Waals surface area contributed by atoms with Gasteiger partial charge in [-0.05, 0) is 57.5 Å². The minimum atomic E-state index is -0.406. The highest BCUT2D eigenvalue weighted by Gasteiger charge is 2.21. The molecule has 6 nitrogen and oxygen atoms in total. The molecule has 1 amide bonds. The van der Waals surface area contributed by atoms with E-state index >= 15 is 0 Å². The van der Waals surface area contributed by atoms with Crippen LogP contribution in [0.4, 0.5) is 0 Å². The van der Waals surface area contributed by atoms with Crippen LogP contribution >= 0.6 is 11.8 Å². The molecule has 0 aliphatic rings. The van der Waals surface area contributed by atoms with Crippen LogP contribution in [0.1, 0.15) is 26.3 Å². The highest BCUT2D eigenvalue weighted by atomic mass is 32.2. The second kappa shape index (κ2) is 7.92. The van der Waals surface area contributed by atoms with Crippen LogP contribution in [0.3, 0.4) is 0 Å². The summed E-state index contributed by atoms with van der Waals surface area (Å²) in [6, 6.07) is 11.0. The third kappa shape index (κ3) is 4.19. The van der Waals surface area contributed by atoms with E-state index in [-0.39, 0.29) is 17.5 Å². The number of aromatic nitrogens is 3. The Morgan fingerprint density at radius 3 is 2.63 bits per heavy atom. The Kier molecular flexibility index (Phi) is 5.60. The SMILES string of the molecule is Cc1ccnc(-n2c(SC(C)C(=O)NC(C)C)nc3ccccc3c2=O)c1. The topological polar surface area (TPSA) is 76.9 Å². The van der Waals surface area contributed by atoms with Crippen molar-refractivity contribution in [3.63, 3.8) is 0 Å². The van der Waals surface area contributed by atoms with Gasteiger partial charge in [-0.25, -0.2) is 14.5 Å². The number of rotatable bonds is 5. The Bertz CT molecular complexity index is 1050. The summed E-state index contributed by atoms with van der Waals surface area (Å²) < 4.78 is 1.49. The molecule has 7 heteroatoms. The van der Waals surface area contributed by atoms with Crippen molar-refractivity contribution in [3.05, 3.63) is 58.5 Å². The van der Waals surface area contributed by atoms with Crippen molar-refractivity contribution in [2.75, 3.05) is 0 Å². The number of hydrogen-bond donors (Lipinski definition) is 1. The quantitative estimate of drug-likeness (QED) is 0.542. The molecule has 0 radical (unpaired) electrons. The first kappa shape index (κ1) is 19.1. The Morgan fingerprint density at radius 1 is 1.19 bits per heavy atom. The Balaban J connectivity index is 2.14. The Morgan fingerprint density at radius 2 is 1.93 bits per heavy atom. The first-order valence-corrected chi connectivity index (χ1v) is 9.66. The van der Waals surface area contributed by atoms with Gasteiger partial charge in [0.25, 0.3) is 5.56 Å². The Hall–Kier alpha value is -2.67. The fourth-order valence-corrected chi connectivity index (χ4v) is 3.57. The predicted octanol–water partition coefficient (Wildman–Crippen LogP) is 3.09. The molecule has 2 heterocycles. The number of hydrogen-bond acceptors (Lipinski definition) is 5. The lowest BCUT2D eigenvalue weighted by atomic mass is 10.2. The van der Waals surface area contributed by atoms with Crippen molar-refractivity contribution in [1.29, 1.82) is 0 Å². The van der Waals surface area contributed by atoms with Crippen LogP contribution in [-0.4, -0.2) is 31.7 Å². The van der Waals surface area contributed by atoms with Gasteiger partial charge in [0, 0.05) is 12.2 Å². The van der Waals surface area contributed by atoms with Gasteiger partial charge in [-0.15, -0.1) is 0 Å². The number of carbonyl (C=O) groups is 1. The predicted molar refractivity (Wildman–Crippen MR) is 108 cm³/mol. The molecule has 0 saturated heterocycles. The molecule has 1 N–H and O–H groups in total. The smallest absolute Gasteiger partial charge is 0.267 e. The number of nitrogens with one attached hydrogen (secondary N) is 1. The molecule has 1 unspecified atom stereocenters. The van der Waals surface area contributed by atoms with E-state index in [1.165, 1.54) is 16.3 Å². The van der Waals surface area contributed by atoms with E-state index in [4.69, 9.17) is 0 Å². The number of aryl methyl sites for hydroxylation is 1. The van der Waals surface area contributed by atoms with Gasteiger partial charge in [0.05, 0.1) is 16.2 Å². The van der Waals surface area contributed by atoms with Gasteiger partial charge in [0.1, 0.15) is 5.82 Å². The van der Waals surface area contributed by atoms with Gasteiger partial charge in [-0.2, -0.15) is 0 Å². The second-order valence-corrected chi connectivity index (χ2v) is 7.97. The molecule has 3 aromatic rings. The molecule has 0 spiro atoms. The van der Waals surface area contributed by atoms with Crippen molar-refractivity contribution in [2.45, 2.75) is 44.1 Å². The largest absolute Gasteiger partial charge is 0.353 e. The number of amides is 1. The molecule has 3 rings (SSSR count). The molecule has 0 aliphatic carbocycles. The number of fused-ring (bicyclic) bond motifs is 1. The molecule has 0 bridgehead atoms. The maximum absolute atomic E-state index is 13.2. The summed E-state index contributed by atoms with van der Waals surface area (Å²) in [5.41, 5.74) is 1.39. The number of benzene rings is 1. The van der Waals surface area contributed by atoms with Crippen molar-refractivity contribution >= 4 is 28.6 Å². The molecule has 0 aliphatic heterocycles.